The number of benzene rings is 1. The van der Waals surface area contributed by atoms with E-state index in [2.05, 4.69) is 13.8 Å². The molecule has 0 saturated carbocycles. The summed E-state index contributed by atoms with van der Waals surface area (Å²) >= 11 is 0. The first-order valence-electron chi connectivity index (χ1n) is 9.12. The first-order valence-corrected chi connectivity index (χ1v) is 9.12. The maximum atomic E-state index is 9.49. The van der Waals surface area contributed by atoms with Crippen molar-refractivity contribution < 1.29 is 19.3 Å². The Morgan fingerprint density at radius 2 is 2.00 bits per heavy atom. The van der Waals surface area contributed by atoms with Crippen molar-refractivity contribution in [1.29, 1.82) is 0 Å². The number of aliphatic hydroxyl groups is 1. The van der Waals surface area contributed by atoms with Gasteiger partial charge >= 0.3 is 0 Å². The summed E-state index contributed by atoms with van der Waals surface area (Å²) in [5.41, 5.74) is 1.17. The van der Waals surface area contributed by atoms with Gasteiger partial charge in [-0.15, -0.1) is 0 Å². The SMILES string of the molecule is COc1ccc(COC[C@@H](C)CCCC[C@@H]2OC(O)C[C@@H]2C)cc1. The van der Waals surface area contributed by atoms with E-state index in [1.807, 2.05) is 24.3 Å². The first-order chi connectivity index (χ1) is 11.6. The second-order valence-corrected chi connectivity index (χ2v) is 7.10. The number of hydrogen-bond acceptors (Lipinski definition) is 4. The average Bonchev–Trinajstić information content (AvgIpc) is 2.90. The highest BCUT2D eigenvalue weighted by atomic mass is 16.6. The van der Waals surface area contributed by atoms with Crippen LogP contribution in [0.1, 0.15) is 51.5 Å². The van der Waals surface area contributed by atoms with Crippen molar-refractivity contribution in [2.24, 2.45) is 11.8 Å². The lowest BCUT2D eigenvalue weighted by Crippen LogP contribution is -2.14. The normalized spacial score (nSPS) is 24.9. The standard InChI is InChI=1S/C20H32O4/c1-15(6-4-5-7-19-16(2)12-20(21)24-19)13-23-14-17-8-10-18(22-3)11-9-17/h8-11,15-16,19-21H,4-7,12-14H2,1-3H3/t15-,16-,19-,20?/m0/s1. The van der Waals surface area contributed by atoms with Crippen molar-refractivity contribution in [3.63, 3.8) is 0 Å². The van der Waals surface area contributed by atoms with Crippen molar-refractivity contribution in [1.82, 2.24) is 0 Å². The fraction of sp³-hybridized carbons (Fsp3) is 0.700. The summed E-state index contributed by atoms with van der Waals surface area (Å²) in [4.78, 5) is 0. The molecule has 1 aliphatic heterocycles. The third-order valence-electron chi connectivity index (χ3n) is 4.81. The molecule has 0 bridgehead atoms. The van der Waals surface area contributed by atoms with Gasteiger partial charge in [-0.05, 0) is 42.4 Å². The Balaban J connectivity index is 1.52. The molecule has 1 aromatic carbocycles. The third kappa shape index (κ3) is 6.42. The Kier molecular flexibility index (Phi) is 8.03. The molecule has 136 valence electrons. The van der Waals surface area contributed by atoms with Crippen molar-refractivity contribution in [3.05, 3.63) is 29.8 Å². The number of aliphatic hydroxyl groups excluding tert-OH is 1. The number of ether oxygens (including phenoxy) is 3. The van der Waals surface area contributed by atoms with Crippen LogP contribution in [0.5, 0.6) is 5.75 Å². The average molecular weight is 336 g/mol. The molecule has 0 amide bonds. The highest BCUT2D eigenvalue weighted by molar-refractivity contribution is 5.26. The fourth-order valence-corrected chi connectivity index (χ4v) is 3.24. The second kappa shape index (κ2) is 10.0. The zero-order chi connectivity index (χ0) is 17.4. The molecule has 1 fully saturated rings. The Morgan fingerprint density at radius 3 is 2.62 bits per heavy atom. The van der Waals surface area contributed by atoms with Crippen LogP contribution < -0.4 is 4.74 Å². The van der Waals surface area contributed by atoms with Gasteiger partial charge in [-0.2, -0.15) is 0 Å². The van der Waals surface area contributed by atoms with Crippen molar-refractivity contribution in [3.8, 4) is 5.75 Å². The van der Waals surface area contributed by atoms with Gasteiger partial charge in [0.25, 0.3) is 0 Å². The first kappa shape index (κ1) is 19.2. The summed E-state index contributed by atoms with van der Waals surface area (Å²) in [6.45, 7) is 5.85. The van der Waals surface area contributed by atoms with Gasteiger partial charge in [0.15, 0.2) is 6.29 Å². The van der Waals surface area contributed by atoms with Crippen LogP contribution in [-0.4, -0.2) is 31.2 Å². The van der Waals surface area contributed by atoms with E-state index < -0.39 is 6.29 Å². The maximum absolute atomic E-state index is 9.49. The van der Waals surface area contributed by atoms with Gasteiger partial charge in [-0.1, -0.05) is 38.8 Å². The minimum atomic E-state index is -0.546. The van der Waals surface area contributed by atoms with E-state index in [1.165, 1.54) is 18.4 Å². The van der Waals surface area contributed by atoms with Gasteiger partial charge in [-0.25, -0.2) is 0 Å². The van der Waals surface area contributed by atoms with E-state index in [4.69, 9.17) is 14.2 Å². The topological polar surface area (TPSA) is 47.9 Å². The molecule has 4 nitrogen and oxygen atoms in total. The van der Waals surface area contributed by atoms with E-state index in [0.717, 1.165) is 31.6 Å². The zero-order valence-corrected chi connectivity index (χ0v) is 15.2. The molecule has 0 radical (unpaired) electrons. The van der Waals surface area contributed by atoms with Gasteiger partial charge in [-0.3, -0.25) is 0 Å². The summed E-state index contributed by atoms with van der Waals surface area (Å²) in [5, 5.41) is 9.49. The van der Waals surface area contributed by atoms with Crippen LogP contribution in [0, 0.1) is 11.8 Å². The lowest BCUT2D eigenvalue weighted by Gasteiger charge is -2.15. The van der Waals surface area contributed by atoms with E-state index in [9.17, 15) is 5.11 Å². The Hall–Kier alpha value is -1.10. The molecule has 1 unspecified atom stereocenters. The van der Waals surface area contributed by atoms with Crippen molar-refractivity contribution in [2.75, 3.05) is 13.7 Å². The summed E-state index contributed by atoms with van der Waals surface area (Å²) < 4.78 is 16.5. The summed E-state index contributed by atoms with van der Waals surface area (Å²) in [5.74, 6) is 1.92. The zero-order valence-electron chi connectivity index (χ0n) is 15.2. The third-order valence-corrected chi connectivity index (χ3v) is 4.81. The summed E-state index contributed by atoms with van der Waals surface area (Å²) in [7, 11) is 1.68. The molecule has 0 aliphatic carbocycles. The van der Waals surface area contributed by atoms with Crippen LogP contribution >= 0.6 is 0 Å². The van der Waals surface area contributed by atoms with E-state index in [0.29, 0.717) is 18.4 Å². The highest BCUT2D eigenvalue weighted by Gasteiger charge is 2.30. The molecule has 1 heterocycles. The van der Waals surface area contributed by atoms with Gasteiger partial charge in [0.2, 0.25) is 0 Å². The molecule has 1 aliphatic rings. The van der Waals surface area contributed by atoms with E-state index in [1.54, 1.807) is 7.11 Å². The molecule has 1 N–H and O–H groups in total. The number of methoxy groups -OCH3 is 1. The van der Waals surface area contributed by atoms with E-state index >= 15 is 0 Å². The quantitative estimate of drug-likeness (QED) is 0.652. The Morgan fingerprint density at radius 1 is 1.25 bits per heavy atom. The smallest absolute Gasteiger partial charge is 0.155 e. The molecule has 0 aromatic heterocycles. The Bertz CT molecular complexity index is 459. The van der Waals surface area contributed by atoms with Crippen LogP contribution in [0.15, 0.2) is 24.3 Å². The number of hydrogen-bond donors (Lipinski definition) is 1. The molecule has 24 heavy (non-hydrogen) atoms. The predicted octanol–water partition coefficient (Wildman–Crippen LogP) is 4.15. The van der Waals surface area contributed by atoms with Gasteiger partial charge in [0.1, 0.15) is 5.75 Å². The lowest BCUT2D eigenvalue weighted by molar-refractivity contribution is -0.0938. The minimum Gasteiger partial charge on any atom is -0.497 e. The molecule has 2 rings (SSSR count). The molecule has 4 atom stereocenters. The number of rotatable bonds is 10. The molecular formula is C20H32O4. The van der Waals surface area contributed by atoms with Crippen LogP contribution in [0.4, 0.5) is 0 Å². The van der Waals surface area contributed by atoms with Crippen LogP contribution in [0.3, 0.4) is 0 Å². The van der Waals surface area contributed by atoms with Gasteiger partial charge < -0.3 is 19.3 Å². The van der Waals surface area contributed by atoms with Crippen molar-refractivity contribution in [2.45, 2.75) is 65.0 Å². The highest BCUT2D eigenvalue weighted by Crippen LogP contribution is 2.28. The van der Waals surface area contributed by atoms with Crippen LogP contribution in [0.2, 0.25) is 0 Å². The Labute approximate surface area is 146 Å². The molecule has 4 heteroatoms. The second-order valence-electron chi connectivity index (χ2n) is 7.10. The summed E-state index contributed by atoms with van der Waals surface area (Å²) in [6.07, 6.45) is 5.04. The lowest BCUT2D eigenvalue weighted by atomic mass is 9.97. The van der Waals surface area contributed by atoms with Gasteiger partial charge in [0, 0.05) is 13.0 Å². The van der Waals surface area contributed by atoms with Crippen LogP contribution in [-0.2, 0) is 16.1 Å². The minimum absolute atomic E-state index is 0.238. The molecular weight excluding hydrogens is 304 g/mol. The monoisotopic (exact) mass is 336 g/mol. The molecule has 1 saturated heterocycles. The molecule has 0 spiro atoms. The fourth-order valence-electron chi connectivity index (χ4n) is 3.24. The van der Waals surface area contributed by atoms with Crippen molar-refractivity contribution >= 4 is 0 Å². The van der Waals surface area contributed by atoms with Crippen LogP contribution in [0.25, 0.3) is 0 Å². The van der Waals surface area contributed by atoms with E-state index in [-0.39, 0.29) is 6.10 Å². The number of unbranched alkanes of at least 4 members (excludes halogenated alkanes) is 1. The maximum Gasteiger partial charge on any atom is 0.155 e. The predicted molar refractivity (Wildman–Crippen MR) is 94.9 cm³/mol. The summed E-state index contributed by atoms with van der Waals surface area (Å²) in [6, 6.07) is 8.01. The molecule has 1 aromatic rings. The van der Waals surface area contributed by atoms with Gasteiger partial charge in [0.05, 0.1) is 19.8 Å². The largest absolute Gasteiger partial charge is 0.497 e.